The van der Waals surface area contributed by atoms with Crippen molar-refractivity contribution in [3.63, 3.8) is 0 Å². The molecule has 0 aliphatic carbocycles. The largest absolute Gasteiger partial charge is 0.341 e. The van der Waals surface area contributed by atoms with Crippen molar-refractivity contribution in [2.75, 3.05) is 20.1 Å². The van der Waals surface area contributed by atoms with Crippen LogP contribution in [0.25, 0.3) is 0 Å². The number of benzene rings is 2. The van der Waals surface area contributed by atoms with Gasteiger partial charge >= 0.3 is 0 Å². The third-order valence-electron chi connectivity index (χ3n) is 5.15. The van der Waals surface area contributed by atoms with Crippen molar-refractivity contribution in [1.82, 2.24) is 9.21 Å². The lowest BCUT2D eigenvalue weighted by Gasteiger charge is -2.32. The van der Waals surface area contributed by atoms with Crippen LogP contribution in [0, 0.1) is 11.7 Å². The number of hydrogen-bond donors (Lipinski definition) is 0. The van der Waals surface area contributed by atoms with Crippen molar-refractivity contribution in [3.8, 4) is 0 Å². The van der Waals surface area contributed by atoms with E-state index in [0.717, 1.165) is 0 Å². The van der Waals surface area contributed by atoms with Gasteiger partial charge in [-0.15, -0.1) is 0 Å². The highest BCUT2D eigenvalue weighted by Crippen LogP contribution is 2.31. The first-order chi connectivity index (χ1) is 14.1. The highest BCUT2D eigenvalue weighted by Gasteiger charge is 2.34. The van der Waals surface area contributed by atoms with Crippen LogP contribution < -0.4 is 0 Å². The summed E-state index contributed by atoms with van der Waals surface area (Å²) in [7, 11) is -2.24. The van der Waals surface area contributed by atoms with E-state index in [1.54, 1.807) is 13.1 Å². The fourth-order valence-electron chi connectivity index (χ4n) is 3.47. The summed E-state index contributed by atoms with van der Waals surface area (Å²) < 4.78 is 41.1. The number of carbonyl (C=O) groups excluding carboxylic acids is 1. The summed E-state index contributed by atoms with van der Waals surface area (Å²) in [5.74, 6) is -1.00. The van der Waals surface area contributed by atoms with Crippen LogP contribution in [0.4, 0.5) is 4.39 Å². The lowest BCUT2D eigenvalue weighted by Crippen LogP contribution is -2.43. The molecule has 1 aliphatic heterocycles. The SMILES string of the molecule is CN(Cc1c(F)cccc1Cl)C(=O)C1CCN(S(=O)(=O)c2cc(Cl)ccc2Cl)CC1. The Bertz CT molecular complexity index is 1040. The number of hydrogen-bond acceptors (Lipinski definition) is 3. The summed E-state index contributed by atoms with van der Waals surface area (Å²) in [6.45, 7) is 0.396. The average Bonchev–Trinajstić information content (AvgIpc) is 2.72. The third-order valence-corrected chi connectivity index (χ3v) is 8.12. The van der Waals surface area contributed by atoms with Crippen molar-refractivity contribution in [2.45, 2.75) is 24.3 Å². The maximum Gasteiger partial charge on any atom is 0.244 e. The Labute approximate surface area is 190 Å². The standard InChI is InChI=1S/C20H20Cl3FN2O3S/c1-25(12-15-16(22)3-2-4-18(15)24)20(27)13-7-9-26(10-8-13)30(28,29)19-11-14(21)5-6-17(19)23/h2-6,11,13H,7-10,12H2,1H3. The minimum atomic E-state index is -3.82. The van der Waals surface area contributed by atoms with E-state index in [-0.39, 0.29) is 57.0 Å². The Balaban J connectivity index is 1.66. The number of nitrogens with zero attached hydrogens (tertiary/aromatic N) is 2. The van der Waals surface area contributed by atoms with Crippen LogP contribution in [0.1, 0.15) is 18.4 Å². The number of halogens is 4. The minimum Gasteiger partial charge on any atom is -0.341 e. The minimum absolute atomic E-state index is 0.0426. The van der Waals surface area contributed by atoms with Crippen molar-refractivity contribution >= 4 is 50.7 Å². The van der Waals surface area contributed by atoms with E-state index in [9.17, 15) is 17.6 Å². The van der Waals surface area contributed by atoms with E-state index in [4.69, 9.17) is 34.8 Å². The molecule has 0 atom stereocenters. The lowest BCUT2D eigenvalue weighted by atomic mass is 9.96. The Morgan fingerprint density at radius 2 is 1.80 bits per heavy atom. The van der Waals surface area contributed by atoms with E-state index in [2.05, 4.69) is 0 Å². The third kappa shape index (κ3) is 4.92. The molecule has 0 bridgehead atoms. The summed E-state index contributed by atoms with van der Waals surface area (Å²) >= 11 is 18.0. The highest BCUT2D eigenvalue weighted by molar-refractivity contribution is 7.89. The molecular weight excluding hydrogens is 474 g/mol. The van der Waals surface area contributed by atoms with Gasteiger partial charge in [0, 0.05) is 48.2 Å². The van der Waals surface area contributed by atoms with E-state index in [0.29, 0.717) is 12.8 Å². The van der Waals surface area contributed by atoms with Crippen LogP contribution in [0.5, 0.6) is 0 Å². The van der Waals surface area contributed by atoms with E-state index >= 15 is 0 Å². The van der Waals surface area contributed by atoms with Gasteiger partial charge in [0.05, 0.1) is 5.02 Å². The van der Waals surface area contributed by atoms with Crippen LogP contribution in [0.2, 0.25) is 15.1 Å². The number of amides is 1. The molecule has 2 aromatic carbocycles. The molecule has 30 heavy (non-hydrogen) atoms. The van der Waals surface area contributed by atoms with Crippen molar-refractivity contribution in [1.29, 1.82) is 0 Å². The molecule has 5 nitrogen and oxygen atoms in total. The van der Waals surface area contributed by atoms with Crippen molar-refractivity contribution in [2.24, 2.45) is 5.92 Å². The molecule has 1 amide bonds. The molecule has 10 heteroatoms. The first kappa shape index (κ1) is 23.3. The van der Waals surface area contributed by atoms with Crippen molar-refractivity contribution < 1.29 is 17.6 Å². The zero-order valence-corrected chi connectivity index (χ0v) is 19.2. The van der Waals surface area contributed by atoms with Gasteiger partial charge in [0.25, 0.3) is 0 Å². The highest BCUT2D eigenvalue weighted by atomic mass is 35.5. The van der Waals surface area contributed by atoms with Gasteiger partial charge in [0.1, 0.15) is 10.7 Å². The molecule has 0 spiro atoms. The predicted octanol–water partition coefficient (Wildman–Crippen LogP) is 4.85. The van der Waals surface area contributed by atoms with Crippen LogP contribution in [-0.4, -0.2) is 43.7 Å². The second-order valence-electron chi connectivity index (χ2n) is 7.15. The fourth-order valence-corrected chi connectivity index (χ4v) is 5.90. The first-order valence-electron chi connectivity index (χ1n) is 9.24. The smallest absolute Gasteiger partial charge is 0.244 e. The number of sulfonamides is 1. The van der Waals surface area contributed by atoms with Gasteiger partial charge in [0.2, 0.25) is 15.9 Å². The Morgan fingerprint density at radius 3 is 2.43 bits per heavy atom. The average molecular weight is 494 g/mol. The van der Waals surface area contributed by atoms with Gasteiger partial charge in [0.15, 0.2) is 0 Å². The Kier molecular flexibility index (Phi) is 7.30. The van der Waals surface area contributed by atoms with Gasteiger partial charge in [-0.2, -0.15) is 4.31 Å². The number of piperidine rings is 1. The maximum atomic E-state index is 14.0. The summed E-state index contributed by atoms with van der Waals surface area (Å²) in [4.78, 5) is 14.2. The molecule has 162 valence electrons. The van der Waals surface area contributed by atoms with Gasteiger partial charge in [-0.1, -0.05) is 40.9 Å². The van der Waals surface area contributed by atoms with Crippen LogP contribution in [-0.2, 0) is 21.4 Å². The lowest BCUT2D eigenvalue weighted by molar-refractivity contribution is -0.135. The van der Waals surface area contributed by atoms with Crippen LogP contribution in [0.3, 0.4) is 0 Å². The summed E-state index contributed by atoms with van der Waals surface area (Å²) in [5, 5.41) is 0.629. The summed E-state index contributed by atoms with van der Waals surface area (Å²) in [5.41, 5.74) is 0.255. The molecule has 0 N–H and O–H groups in total. The molecule has 1 heterocycles. The van der Waals surface area contributed by atoms with Crippen LogP contribution in [0.15, 0.2) is 41.3 Å². The molecule has 1 aliphatic rings. The zero-order chi connectivity index (χ0) is 22.1. The predicted molar refractivity (Wildman–Crippen MR) is 116 cm³/mol. The first-order valence-corrected chi connectivity index (χ1v) is 11.8. The Hall–Kier alpha value is -1.38. The molecule has 0 radical (unpaired) electrons. The van der Waals surface area contributed by atoms with Gasteiger partial charge < -0.3 is 4.90 Å². The summed E-state index contributed by atoms with van der Waals surface area (Å²) in [6, 6.07) is 8.65. The van der Waals surface area contributed by atoms with E-state index in [1.807, 2.05) is 0 Å². The molecule has 0 aromatic heterocycles. The van der Waals surface area contributed by atoms with E-state index < -0.39 is 15.8 Å². The van der Waals surface area contributed by atoms with Crippen molar-refractivity contribution in [3.05, 3.63) is 62.8 Å². The topological polar surface area (TPSA) is 57.7 Å². The maximum absolute atomic E-state index is 14.0. The molecule has 0 saturated carbocycles. The molecule has 3 rings (SSSR count). The monoisotopic (exact) mass is 492 g/mol. The Morgan fingerprint density at radius 1 is 1.13 bits per heavy atom. The fraction of sp³-hybridized carbons (Fsp3) is 0.350. The molecule has 1 saturated heterocycles. The van der Waals surface area contributed by atoms with E-state index in [1.165, 1.54) is 39.5 Å². The quantitative estimate of drug-likeness (QED) is 0.598. The van der Waals surface area contributed by atoms with Gasteiger partial charge in [-0.3, -0.25) is 4.79 Å². The molecule has 0 unspecified atom stereocenters. The molecule has 2 aromatic rings. The second-order valence-corrected chi connectivity index (χ2v) is 10.3. The number of carbonyl (C=O) groups is 1. The summed E-state index contributed by atoms with van der Waals surface area (Å²) in [6.07, 6.45) is 0.706. The van der Waals surface area contributed by atoms with Gasteiger partial charge in [-0.05, 0) is 43.2 Å². The van der Waals surface area contributed by atoms with Crippen LogP contribution >= 0.6 is 34.8 Å². The van der Waals surface area contributed by atoms with Gasteiger partial charge in [-0.25, -0.2) is 12.8 Å². The second kappa shape index (κ2) is 9.40. The molecular formula is C20H20Cl3FN2O3S. The number of rotatable bonds is 5. The zero-order valence-electron chi connectivity index (χ0n) is 16.1. The normalized spacial score (nSPS) is 15.9. The molecule has 1 fully saturated rings.